The van der Waals surface area contributed by atoms with Gasteiger partial charge in [0.25, 0.3) is 0 Å². The van der Waals surface area contributed by atoms with Crippen LogP contribution in [-0.2, 0) is 11.3 Å². The van der Waals surface area contributed by atoms with Crippen molar-refractivity contribution in [3.8, 4) is 0 Å². The molecule has 0 aliphatic heterocycles. The number of amides is 1. The maximum Gasteiger partial charge on any atom is 0.233 e. The van der Waals surface area contributed by atoms with Crippen molar-refractivity contribution in [2.24, 2.45) is 0 Å². The molecule has 9 heteroatoms. The Labute approximate surface area is 151 Å². The molecule has 0 N–H and O–H groups in total. The minimum Gasteiger partial charge on any atom is -0.341 e. The molecule has 4 nitrogen and oxygen atoms in total. The summed E-state index contributed by atoms with van der Waals surface area (Å²) in [4.78, 5) is 13.6. The summed E-state index contributed by atoms with van der Waals surface area (Å²) in [5, 5.41) is 8.40. The maximum absolute atomic E-state index is 13.8. The van der Waals surface area contributed by atoms with Crippen LogP contribution < -0.4 is 0 Å². The molecule has 0 spiro atoms. The van der Waals surface area contributed by atoms with Crippen LogP contribution >= 0.6 is 46.5 Å². The summed E-state index contributed by atoms with van der Waals surface area (Å²) >= 11 is 10.4. The summed E-state index contributed by atoms with van der Waals surface area (Å²) in [5.74, 6) is 0.641. The third kappa shape index (κ3) is 5.34. The Kier molecular flexibility index (Phi) is 7.13. The third-order valence-electron chi connectivity index (χ3n) is 2.86. The first-order chi connectivity index (χ1) is 11.0. The molecule has 0 saturated heterocycles. The molecule has 1 aromatic carbocycles. The van der Waals surface area contributed by atoms with Crippen LogP contribution in [0.2, 0.25) is 5.02 Å². The van der Waals surface area contributed by atoms with Crippen LogP contribution in [0.1, 0.15) is 12.5 Å². The highest BCUT2D eigenvalue weighted by Crippen LogP contribution is 2.28. The number of rotatable bonds is 7. The number of aromatic nitrogens is 2. The van der Waals surface area contributed by atoms with Crippen LogP contribution in [0.3, 0.4) is 0 Å². The lowest BCUT2D eigenvalue weighted by atomic mass is 10.2. The highest BCUT2D eigenvalue weighted by atomic mass is 35.5. The fraction of sp³-hybridized carbons (Fsp3) is 0.357. The molecule has 23 heavy (non-hydrogen) atoms. The van der Waals surface area contributed by atoms with Gasteiger partial charge in [-0.15, -0.1) is 10.2 Å². The minimum absolute atomic E-state index is 0.116. The molecule has 1 amide bonds. The quantitative estimate of drug-likeness (QED) is 0.662. The Balaban J connectivity index is 1.89. The second-order valence-electron chi connectivity index (χ2n) is 4.51. The van der Waals surface area contributed by atoms with E-state index in [1.807, 2.05) is 6.92 Å². The molecule has 2 rings (SSSR count). The van der Waals surface area contributed by atoms with Gasteiger partial charge >= 0.3 is 0 Å². The van der Waals surface area contributed by atoms with E-state index in [9.17, 15) is 9.18 Å². The second kappa shape index (κ2) is 8.86. The zero-order valence-corrected chi connectivity index (χ0v) is 15.8. The fourth-order valence-corrected chi connectivity index (χ4v) is 4.76. The van der Waals surface area contributed by atoms with E-state index >= 15 is 0 Å². The van der Waals surface area contributed by atoms with Gasteiger partial charge in [0.15, 0.2) is 8.68 Å². The zero-order valence-electron chi connectivity index (χ0n) is 12.6. The number of nitrogens with zero attached hydrogens (tertiary/aromatic N) is 3. The topological polar surface area (TPSA) is 46.1 Å². The Morgan fingerprint density at radius 3 is 2.70 bits per heavy atom. The maximum atomic E-state index is 13.8. The SMILES string of the molecule is CCSc1nnc(SCC(=O)N(C)Cc2c(F)cccc2Cl)s1. The largest absolute Gasteiger partial charge is 0.341 e. The van der Waals surface area contributed by atoms with Gasteiger partial charge < -0.3 is 4.90 Å². The van der Waals surface area contributed by atoms with Gasteiger partial charge in [-0.05, 0) is 17.9 Å². The van der Waals surface area contributed by atoms with Crippen LogP contribution in [0, 0.1) is 5.82 Å². The van der Waals surface area contributed by atoms with E-state index < -0.39 is 5.82 Å². The molecule has 0 aliphatic carbocycles. The first kappa shape index (κ1) is 18.5. The zero-order chi connectivity index (χ0) is 16.8. The van der Waals surface area contributed by atoms with Gasteiger partial charge in [-0.1, -0.05) is 59.5 Å². The predicted octanol–water partition coefficient (Wildman–Crippen LogP) is 4.19. The second-order valence-corrected chi connectivity index (χ2v) is 8.62. The Morgan fingerprint density at radius 1 is 1.35 bits per heavy atom. The van der Waals surface area contributed by atoms with Crippen LogP contribution in [0.4, 0.5) is 4.39 Å². The van der Waals surface area contributed by atoms with Gasteiger partial charge in [-0.3, -0.25) is 4.79 Å². The third-order valence-corrected chi connectivity index (χ3v) is 6.27. The Morgan fingerprint density at radius 2 is 2.04 bits per heavy atom. The Bertz CT molecular complexity index is 663. The highest BCUT2D eigenvalue weighted by Gasteiger charge is 2.15. The standard InChI is InChI=1S/C14H15ClFN3OS3/c1-3-21-13-17-18-14(23-13)22-8-12(20)19(2)7-9-10(15)5-4-6-11(9)16/h4-6H,3,7-8H2,1-2H3. The first-order valence-electron chi connectivity index (χ1n) is 6.77. The normalized spacial score (nSPS) is 10.8. The minimum atomic E-state index is -0.407. The van der Waals surface area contributed by atoms with Crippen molar-refractivity contribution >= 4 is 52.4 Å². The van der Waals surface area contributed by atoms with E-state index in [-0.39, 0.29) is 18.2 Å². The molecule has 1 aromatic heterocycles. The van der Waals surface area contributed by atoms with Crippen LogP contribution in [-0.4, -0.2) is 39.6 Å². The molecule has 124 valence electrons. The highest BCUT2D eigenvalue weighted by molar-refractivity contribution is 8.03. The van der Waals surface area contributed by atoms with Crippen molar-refractivity contribution in [3.05, 3.63) is 34.6 Å². The van der Waals surface area contributed by atoms with Gasteiger partial charge in [-0.25, -0.2) is 4.39 Å². The molecular weight excluding hydrogens is 377 g/mol. The molecule has 1 heterocycles. The number of hydrogen-bond acceptors (Lipinski definition) is 6. The van der Waals surface area contributed by atoms with Crippen molar-refractivity contribution in [1.82, 2.24) is 15.1 Å². The number of thioether (sulfide) groups is 2. The van der Waals surface area contributed by atoms with Crippen molar-refractivity contribution in [1.29, 1.82) is 0 Å². The molecule has 0 fully saturated rings. The molecule has 0 radical (unpaired) electrons. The molecular formula is C14H15ClFN3OS3. The van der Waals surface area contributed by atoms with Crippen LogP contribution in [0.15, 0.2) is 26.9 Å². The first-order valence-corrected chi connectivity index (χ1v) is 9.93. The molecule has 2 aromatic rings. The van der Waals surface area contributed by atoms with Crippen molar-refractivity contribution in [2.75, 3.05) is 18.6 Å². The average Bonchev–Trinajstić information content (AvgIpc) is 2.96. The number of carbonyl (C=O) groups is 1. The van der Waals surface area contributed by atoms with E-state index in [0.717, 1.165) is 14.4 Å². The smallest absolute Gasteiger partial charge is 0.233 e. The van der Waals surface area contributed by atoms with Crippen LogP contribution in [0.5, 0.6) is 0 Å². The summed E-state index contributed by atoms with van der Waals surface area (Å²) in [6.45, 7) is 2.18. The summed E-state index contributed by atoms with van der Waals surface area (Å²) in [6, 6.07) is 4.49. The van der Waals surface area contributed by atoms with Crippen molar-refractivity contribution < 1.29 is 9.18 Å². The Hall–Kier alpha value is -0.830. The summed E-state index contributed by atoms with van der Waals surface area (Å²) in [6.07, 6.45) is 0. The van der Waals surface area contributed by atoms with Crippen LogP contribution in [0.25, 0.3) is 0 Å². The monoisotopic (exact) mass is 391 g/mol. The van der Waals surface area contributed by atoms with E-state index in [4.69, 9.17) is 11.6 Å². The van der Waals surface area contributed by atoms with E-state index in [1.54, 1.807) is 30.9 Å². The molecule has 0 aliphatic rings. The molecule has 0 atom stereocenters. The summed E-state index contributed by atoms with van der Waals surface area (Å²) in [7, 11) is 1.63. The van der Waals surface area contributed by atoms with Gasteiger partial charge in [-0.2, -0.15) is 0 Å². The number of halogens is 2. The van der Waals surface area contributed by atoms with Gasteiger partial charge in [0.1, 0.15) is 5.82 Å². The number of benzene rings is 1. The van der Waals surface area contributed by atoms with Gasteiger partial charge in [0.05, 0.1) is 5.75 Å². The predicted molar refractivity (Wildman–Crippen MR) is 94.9 cm³/mol. The summed E-state index contributed by atoms with van der Waals surface area (Å²) in [5.41, 5.74) is 0.326. The lowest BCUT2D eigenvalue weighted by Crippen LogP contribution is -2.28. The molecule has 0 bridgehead atoms. The lowest BCUT2D eigenvalue weighted by Gasteiger charge is -2.18. The van der Waals surface area contributed by atoms with Crippen molar-refractivity contribution in [3.63, 3.8) is 0 Å². The average molecular weight is 392 g/mol. The van der Waals surface area contributed by atoms with Gasteiger partial charge in [0, 0.05) is 24.2 Å². The molecule has 0 unspecified atom stereocenters. The summed E-state index contributed by atoms with van der Waals surface area (Å²) < 4.78 is 15.4. The number of carbonyl (C=O) groups excluding carboxylic acids is 1. The van der Waals surface area contributed by atoms with E-state index in [0.29, 0.717) is 10.6 Å². The lowest BCUT2D eigenvalue weighted by molar-refractivity contribution is -0.127. The van der Waals surface area contributed by atoms with Gasteiger partial charge in [0.2, 0.25) is 5.91 Å². The molecule has 0 saturated carbocycles. The fourth-order valence-electron chi connectivity index (χ4n) is 1.68. The number of hydrogen-bond donors (Lipinski definition) is 0. The van der Waals surface area contributed by atoms with E-state index in [1.165, 1.54) is 34.1 Å². The van der Waals surface area contributed by atoms with Crippen molar-refractivity contribution in [2.45, 2.75) is 22.1 Å². The van der Waals surface area contributed by atoms with E-state index in [2.05, 4.69) is 10.2 Å².